The number of ether oxygens (including phenoxy) is 1. The summed E-state index contributed by atoms with van der Waals surface area (Å²) >= 11 is 0. The van der Waals surface area contributed by atoms with Crippen LogP contribution in [-0.4, -0.2) is 52.1 Å². The molecule has 166 valence electrons. The normalized spacial score (nSPS) is 18.1. The predicted octanol–water partition coefficient (Wildman–Crippen LogP) is 3.24. The molecule has 1 unspecified atom stereocenters. The van der Waals surface area contributed by atoms with Crippen molar-refractivity contribution in [1.29, 1.82) is 5.26 Å². The molecule has 1 aliphatic rings. The van der Waals surface area contributed by atoms with E-state index in [0.29, 0.717) is 0 Å². The third kappa shape index (κ3) is 4.81. The number of benzene rings is 2. The van der Waals surface area contributed by atoms with Gasteiger partial charge < -0.3 is 9.64 Å². The molecular weight excluding hydrogens is 438 g/mol. The first kappa shape index (κ1) is 23.0. The zero-order valence-corrected chi connectivity index (χ0v) is 17.3. The minimum atomic E-state index is -4.69. The molecule has 3 rings (SSSR count). The molecule has 0 radical (unpaired) electrons. The number of nitriles is 1. The van der Waals surface area contributed by atoms with Crippen molar-refractivity contribution < 1.29 is 30.7 Å². The Morgan fingerprint density at radius 1 is 1.16 bits per heavy atom. The summed E-state index contributed by atoms with van der Waals surface area (Å²) in [6.07, 6.45) is -4.69. The number of hydrogen-bond acceptors (Lipinski definition) is 5. The Bertz CT molecular complexity index is 1080. The van der Waals surface area contributed by atoms with Crippen LogP contribution in [0.25, 0.3) is 0 Å². The predicted molar refractivity (Wildman–Crippen MR) is 104 cm³/mol. The topological polar surface area (TPSA) is 73.6 Å². The molecule has 11 heteroatoms. The minimum Gasteiger partial charge on any atom is -0.383 e. The van der Waals surface area contributed by atoms with Gasteiger partial charge in [0.2, 0.25) is 10.0 Å². The van der Waals surface area contributed by atoms with Crippen molar-refractivity contribution >= 4 is 15.7 Å². The Labute approximate surface area is 177 Å². The first-order chi connectivity index (χ1) is 14.6. The van der Waals surface area contributed by atoms with Gasteiger partial charge in [-0.2, -0.15) is 22.7 Å². The van der Waals surface area contributed by atoms with Crippen molar-refractivity contribution in [3.63, 3.8) is 0 Å². The molecule has 0 spiro atoms. The van der Waals surface area contributed by atoms with E-state index in [0.717, 1.165) is 36.4 Å². The fourth-order valence-electron chi connectivity index (χ4n) is 3.52. The van der Waals surface area contributed by atoms with E-state index in [-0.39, 0.29) is 36.8 Å². The molecule has 31 heavy (non-hydrogen) atoms. The standard InChI is InChI=1S/C20H19F4N3O3S/c1-30-13-17-12-26(16-5-2-14(11-25)19(10-16)20(22,23)24)8-9-27(17)31(28,29)18-6-3-15(21)4-7-18/h2-7,10,17H,8-9,12-13H2,1H3. The maximum Gasteiger partial charge on any atom is 0.417 e. The van der Waals surface area contributed by atoms with Crippen LogP contribution in [0.15, 0.2) is 47.4 Å². The van der Waals surface area contributed by atoms with Gasteiger partial charge in [-0.05, 0) is 42.5 Å². The molecule has 0 aromatic heterocycles. The average molecular weight is 457 g/mol. The number of nitrogens with zero attached hydrogens (tertiary/aromatic N) is 3. The summed E-state index contributed by atoms with van der Waals surface area (Å²) in [7, 11) is -2.57. The zero-order chi connectivity index (χ0) is 22.8. The van der Waals surface area contributed by atoms with E-state index < -0.39 is 39.2 Å². The number of alkyl halides is 3. The van der Waals surface area contributed by atoms with Gasteiger partial charge in [0.25, 0.3) is 0 Å². The fourth-order valence-corrected chi connectivity index (χ4v) is 5.11. The van der Waals surface area contributed by atoms with Gasteiger partial charge in [-0.1, -0.05) is 0 Å². The second-order valence-corrected chi connectivity index (χ2v) is 8.85. The number of halogens is 4. The van der Waals surface area contributed by atoms with Gasteiger partial charge in [0.05, 0.1) is 34.7 Å². The smallest absolute Gasteiger partial charge is 0.383 e. The molecule has 0 aliphatic carbocycles. The van der Waals surface area contributed by atoms with E-state index in [2.05, 4.69) is 0 Å². The molecule has 2 aromatic rings. The van der Waals surface area contributed by atoms with Gasteiger partial charge >= 0.3 is 6.18 Å². The van der Waals surface area contributed by atoms with Gasteiger partial charge in [-0.25, -0.2) is 12.8 Å². The van der Waals surface area contributed by atoms with Gasteiger partial charge in [0.1, 0.15) is 5.82 Å². The van der Waals surface area contributed by atoms with Crippen LogP contribution in [0.1, 0.15) is 11.1 Å². The van der Waals surface area contributed by atoms with Crippen LogP contribution in [0.3, 0.4) is 0 Å². The van der Waals surface area contributed by atoms with Crippen LogP contribution in [-0.2, 0) is 20.9 Å². The molecule has 1 aliphatic heterocycles. The van der Waals surface area contributed by atoms with Gasteiger partial charge in [0, 0.05) is 32.4 Å². The molecule has 6 nitrogen and oxygen atoms in total. The van der Waals surface area contributed by atoms with E-state index in [4.69, 9.17) is 10.00 Å². The van der Waals surface area contributed by atoms with Gasteiger partial charge in [-0.15, -0.1) is 0 Å². The highest BCUT2D eigenvalue weighted by atomic mass is 32.2. The molecule has 0 amide bonds. The highest BCUT2D eigenvalue weighted by Gasteiger charge is 2.38. The van der Waals surface area contributed by atoms with Crippen LogP contribution in [0.5, 0.6) is 0 Å². The number of rotatable bonds is 5. The van der Waals surface area contributed by atoms with E-state index >= 15 is 0 Å². The maximum atomic E-state index is 13.3. The fraction of sp³-hybridized carbons (Fsp3) is 0.350. The van der Waals surface area contributed by atoms with Crippen molar-refractivity contribution in [2.75, 3.05) is 38.3 Å². The monoisotopic (exact) mass is 457 g/mol. The average Bonchev–Trinajstić information content (AvgIpc) is 2.73. The minimum absolute atomic E-state index is 0.00487. The van der Waals surface area contributed by atoms with E-state index in [9.17, 15) is 26.0 Å². The number of hydrogen-bond donors (Lipinski definition) is 0. The van der Waals surface area contributed by atoms with Gasteiger partial charge in [-0.3, -0.25) is 0 Å². The van der Waals surface area contributed by atoms with Crippen molar-refractivity contribution in [2.45, 2.75) is 17.1 Å². The van der Waals surface area contributed by atoms with E-state index in [1.165, 1.54) is 23.6 Å². The third-order valence-corrected chi connectivity index (χ3v) is 6.97. The number of piperazine rings is 1. The molecule has 1 fully saturated rings. The summed E-state index contributed by atoms with van der Waals surface area (Å²) in [4.78, 5) is 1.54. The molecule has 1 atom stereocenters. The SMILES string of the molecule is COCC1CN(c2ccc(C#N)c(C(F)(F)F)c2)CCN1S(=O)(=O)c1ccc(F)cc1. The molecule has 1 heterocycles. The Balaban J connectivity index is 1.90. The summed E-state index contributed by atoms with van der Waals surface area (Å²) < 4.78 is 85.6. The van der Waals surface area contributed by atoms with Crippen LogP contribution in [0.2, 0.25) is 0 Å². The first-order valence-electron chi connectivity index (χ1n) is 9.20. The third-order valence-electron chi connectivity index (χ3n) is 5.00. The summed E-state index contributed by atoms with van der Waals surface area (Å²) in [6, 6.07) is 8.68. The summed E-state index contributed by atoms with van der Waals surface area (Å²) in [5.74, 6) is -0.571. The van der Waals surface area contributed by atoms with Crippen molar-refractivity contribution in [1.82, 2.24) is 4.31 Å². The highest BCUT2D eigenvalue weighted by Crippen LogP contribution is 2.35. The summed E-state index contributed by atoms with van der Waals surface area (Å²) in [5.41, 5.74) is -1.30. The van der Waals surface area contributed by atoms with Crippen LogP contribution < -0.4 is 4.90 Å². The summed E-state index contributed by atoms with van der Waals surface area (Å²) in [5, 5.41) is 8.97. The molecule has 0 N–H and O–H groups in total. The lowest BCUT2D eigenvalue weighted by molar-refractivity contribution is -0.137. The number of sulfonamides is 1. The lowest BCUT2D eigenvalue weighted by atomic mass is 10.1. The Morgan fingerprint density at radius 2 is 1.84 bits per heavy atom. The Morgan fingerprint density at radius 3 is 2.42 bits per heavy atom. The van der Waals surface area contributed by atoms with Gasteiger partial charge in [0.15, 0.2) is 0 Å². The van der Waals surface area contributed by atoms with Crippen molar-refractivity contribution in [3.8, 4) is 6.07 Å². The van der Waals surface area contributed by atoms with Crippen LogP contribution in [0.4, 0.5) is 23.2 Å². The molecule has 0 saturated carbocycles. The number of methoxy groups -OCH3 is 1. The quantitative estimate of drug-likeness (QED) is 0.645. The van der Waals surface area contributed by atoms with E-state index in [1.54, 1.807) is 4.90 Å². The van der Waals surface area contributed by atoms with E-state index in [1.807, 2.05) is 0 Å². The Kier molecular flexibility index (Phi) is 6.54. The van der Waals surface area contributed by atoms with Crippen LogP contribution >= 0.6 is 0 Å². The summed E-state index contributed by atoms with van der Waals surface area (Å²) in [6.45, 7) is 0.218. The maximum absolute atomic E-state index is 13.3. The zero-order valence-electron chi connectivity index (χ0n) is 16.4. The van der Waals surface area contributed by atoms with Crippen LogP contribution in [0, 0.1) is 17.1 Å². The van der Waals surface area contributed by atoms with Crippen molar-refractivity contribution in [2.24, 2.45) is 0 Å². The lowest BCUT2D eigenvalue weighted by Gasteiger charge is -2.41. The lowest BCUT2D eigenvalue weighted by Crippen LogP contribution is -2.56. The Hall–Kier alpha value is -2.68. The highest BCUT2D eigenvalue weighted by molar-refractivity contribution is 7.89. The number of anilines is 1. The molecule has 2 aromatic carbocycles. The molecule has 1 saturated heterocycles. The van der Waals surface area contributed by atoms with Crippen molar-refractivity contribution in [3.05, 3.63) is 59.4 Å². The molecular formula is C20H19F4N3O3S. The molecule has 0 bridgehead atoms. The second kappa shape index (κ2) is 8.82. The second-order valence-electron chi connectivity index (χ2n) is 6.96. The first-order valence-corrected chi connectivity index (χ1v) is 10.6. The largest absolute Gasteiger partial charge is 0.417 e.